The van der Waals surface area contributed by atoms with Crippen molar-refractivity contribution >= 4 is 5.97 Å². The van der Waals surface area contributed by atoms with Gasteiger partial charge in [-0.2, -0.15) is 5.26 Å². The van der Waals surface area contributed by atoms with Crippen LogP contribution in [0.15, 0.2) is 12.3 Å². The SMILES string of the molecule is COC(=O)C[C@H](N)c1cnc(C#N)c(F)c1. The third-order valence-corrected chi connectivity index (χ3v) is 2.01. The van der Waals surface area contributed by atoms with E-state index in [0.717, 1.165) is 6.07 Å². The van der Waals surface area contributed by atoms with E-state index in [0.29, 0.717) is 5.56 Å². The average Bonchev–Trinajstić information content (AvgIpc) is 2.28. The van der Waals surface area contributed by atoms with Crippen LogP contribution >= 0.6 is 0 Å². The fraction of sp³-hybridized carbons (Fsp3) is 0.300. The van der Waals surface area contributed by atoms with E-state index in [4.69, 9.17) is 11.0 Å². The summed E-state index contributed by atoms with van der Waals surface area (Å²) >= 11 is 0. The molecule has 16 heavy (non-hydrogen) atoms. The number of ether oxygens (including phenoxy) is 1. The number of hydrogen-bond acceptors (Lipinski definition) is 5. The number of nitriles is 1. The molecule has 5 nitrogen and oxygen atoms in total. The number of esters is 1. The molecule has 0 amide bonds. The van der Waals surface area contributed by atoms with Gasteiger partial charge in [-0.3, -0.25) is 4.79 Å². The molecule has 0 unspecified atom stereocenters. The van der Waals surface area contributed by atoms with Crippen molar-refractivity contribution in [3.8, 4) is 6.07 Å². The Hall–Kier alpha value is -2.00. The lowest BCUT2D eigenvalue weighted by atomic mass is 10.1. The zero-order valence-corrected chi connectivity index (χ0v) is 8.61. The Bertz CT molecular complexity index is 442. The molecule has 0 spiro atoms. The second-order valence-corrected chi connectivity index (χ2v) is 3.10. The summed E-state index contributed by atoms with van der Waals surface area (Å²) in [6, 6.07) is 2.00. The Morgan fingerprint density at radius 2 is 2.50 bits per heavy atom. The minimum atomic E-state index is -0.750. The Balaban J connectivity index is 2.85. The topological polar surface area (TPSA) is 89.0 Å². The van der Waals surface area contributed by atoms with Crippen molar-refractivity contribution in [2.45, 2.75) is 12.5 Å². The zero-order chi connectivity index (χ0) is 12.1. The standard InChI is InChI=1S/C10H10FN3O2/c1-16-10(15)3-8(13)6-2-7(11)9(4-12)14-5-6/h2,5,8H,3,13H2,1H3/t8-/m0/s1. The highest BCUT2D eigenvalue weighted by Gasteiger charge is 2.14. The molecule has 0 saturated heterocycles. The molecule has 0 aromatic carbocycles. The summed E-state index contributed by atoms with van der Waals surface area (Å²) in [4.78, 5) is 14.5. The van der Waals surface area contributed by atoms with Gasteiger partial charge in [0.15, 0.2) is 11.5 Å². The number of hydrogen-bond donors (Lipinski definition) is 1. The van der Waals surface area contributed by atoms with Gasteiger partial charge in [-0.15, -0.1) is 0 Å². The van der Waals surface area contributed by atoms with Crippen LogP contribution < -0.4 is 5.73 Å². The molecular weight excluding hydrogens is 213 g/mol. The van der Waals surface area contributed by atoms with Gasteiger partial charge >= 0.3 is 5.97 Å². The number of methoxy groups -OCH3 is 1. The third-order valence-electron chi connectivity index (χ3n) is 2.01. The highest BCUT2D eigenvalue weighted by molar-refractivity contribution is 5.70. The maximum Gasteiger partial charge on any atom is 0.307 e. The summed E-state index contributed by atoms with van der Waals surface area (Å²) in [7, 11) is 1.24. The summed E-state index contributed by atoms with van der Waals surface area (Å²) in [6.07, 6.45) is 1.21. The second kappa shape index (κ2) is 5.19. The Morgan fingerprint density at radius 3 is 3.00 bits per heavy atom. The molecule has 0 aliphatic carbocycles. The molecule has 0 aliphatic rings. The normalized spacial score (nSPS) is 11.6. The molecule has 0 fully saturated rings. The minimum Gasteiger partial charge on any atom is -0.469 e. The average molecular weight is 223 g/mol. The fourth-order valence-electron chi connectivity index (χ4n) is 1.12. The van der Waals surface area contributed by atoms with E-state index < -0.39 is 17.8 Å². The summed E-state index contributed by atoms with van der Waals surface area (Å²) in [5.74, 6) is -1.24. The van der Waals surface area contributed by atoms with E-state index >= 15 is 0 Å². The molecule has 6 heteroatoms. The summed E-state index contributed by atoms with van der Waals surface area (Å²) in [6.45, 7) is 0. The van der Waals surface area contributed by atoms with Gasteiger partial charge in [-0.05, 0) is 11.6 Å². The molecule has 1 aromatic heterocycles. The Morgan fingerprint density at radius 1 is 1.81 bits per heavy atom. The Kier molecular flexibility index (Phi) is 3.91. The van der Waals surface area contributed by atoms with Crippen molar-refractivity contribution in [3.63, 3.8) is 0 Å². The smallest absolute Gasteiger partial charge is 0.307 e. The predicted octanol–water partition coefficient (Wildman–Crippen LogP) is 0.655. The van der Waals surface area contributed by atoms with Crippen molar-refractivity contribution in [2.24, 2.45) is 5.73 Å². The summed E-state index contributed by atoms with van der Waals surface area (Å²) in [5, 5.41) is 8.47. The van der Waals surface area contributed by atoms with E-state index in [1.807, 2.05) is 0 Å². The lowest BCUT2D eigenvalue weighted by molar-refractivity contribution is -0.141. The third kappa shape index (κ3) is 2.74. The molecular formula is C10H10FN3O2. The van der Waals surface area contributed by atoms with Crippen molar-refractivity contribution in [3.05, 3.63) is 29.3 Å². The maximum absolute atomic E-state index is 13.2. The van der Waals surface area contributed by atoms with Crippen LogP contribution in [0.1, 0.15) is 23.7 Å². The van der Waals surface area contributed by atoms with Crippen molar-refractivity contribution in [1.82, 2.24) is 4.98 Å². The predicted molar refractivity (Wildman–Crippen MR) is 52.5 cm³/mol. The zero-order valence-electron chi connectivity index (χ0n) is 8.61. The molecule has 1 rings (SSSR count). The molecule has 0 aliphatic heterocycles. The number of aromatic nitrogens is 1. The van der Waals surface area contributed by atoms with Crippen LogP contribution in [-0.4, -0.2) is 18.1 Å². The van der Waals surface area contributed by atoms with Gasteiger partial charge in [-0.1, -0.05) is 0 Å². The lowest BCUT2D eigenvalue weighted by Crippen LogP contribution is -2.17. The van der Waals surface area contributed by atoms with Crippen LogP contribution in [0.5, 0.6) is 0 Å². The van der Waals surface area contributed by atoms with Crippen molar-refractivity contribution in [1.29, 1.82) is 5.26 Å². The van der Waals surface area contributed by atoms with Crippen LogP contribution in [0.2, 0.25) is 0 Å². The Labute approximate surface area is 91.6 Å². The number of rotatable bonds is 3. The molecule has 2 N–H and O–H groups in total. The molecule has 84 valence electrons. The van der Waals surface area contributed by atoms with Crippen LogP contribution in [-0.2, 0) is 9.53 Å². The van der Waals surface area contributed by atoms with Gasteiger partial charge in [-0.25, -0.2) is 9.37 Å². The van der Waals surface area contributed by atoms with Gasteiger partial charge in [0, 0.05) is 12.2 Å². The quantitative estimate of drug-likeness (QED) is 0.760. The van der Waals surface area contributed by atoms with Gasteiger partial charge in [0.1, 0.15) is 6.07 Å². The van der Waals surface area contributed by atoms with E-state index in [9.17, 15) is 9.18 Å². The fourth-order valence-corrected chi connectivity index (χ4v) is 1.12. The van der Waals surface area contributed by atoms with Gasteiger partial charge in [0.05, 0.1) is 13.5 Å². The molecule has 1 aromatic rings. The molecule has 0 saturated carbocycles. The first kappa shape index (κ1) is 12.1. The molecule has 0 bridgehead atoms. The van der Waals surface area contributed by atoms with Crippen LogP contribution in [0.25, 0.3) is 0 Å². The van der Waals surface area contributed by atoms with Gasteiger partial charge < -0.3 is 10.5 Å². The largest absolute Gasteiger partial charge is 0.469 e. The number of carbonyl (C=O) groups excluding carboxylic acids is 1. The van der Waals surface area contributed by atoms with E-state index in [1.54, 1.807) is 6.07 Å². The maximum atomic E-state index is 13.2. The van der Waals surface area contributed by atoms with Crippen molar-refractivity contribution < 1.29 is 13.9 Å². The van der Waals surface area contributed by atoms with Crippen molar-refractivity contribution in [2.75, 3.05) is 7.11 Å². The van der Waals surface area contributed by atoms with Gasteiger partial charge in [0.2, 0.25) is 0 Å². The van der Waals surface area contributed by atoms with E-state index in [-0.39, 0.29) is 12.1 Å². The van der Waals surface area contributed by atoms with Crippen LogP contribution in [0.4, 0.5) is 4.39 Å². The van der Waals surface area contributed by atoms with Gasteiger partial charge in [0.25, 0.3) is 0 Å². The second-order valence-electron chi connectivity index (χ2n) is 3.10. The van der Waals surface area contributed by atoms with Crippen LogP contribution in [0.3, 0.4) is 0 Å². The highest BCUT2D eigenvalue weighted by atomic mass is 19.1. The van der Waals surface area contributed by atoms with E-state index in [1.165, 1.54) is 13.3 Å². The number of halogens is 1. The summed E-state index contributed by atoms with van der Waals surface area (Å²) in [5.41, 5.74) is 5.69. The number of nitrogens with two attached hydrogens (primary N) is 1. The highest BCUT2D eigenvalue weighted by Crippen LogP contribution is 2.15. The summed E-state index contributed by atoms with van der Waals surface area (Å²) < 4.78 is 17.6. The lowest BCUT2D eigenvalue weighted by Gasteiger charge is -2.10. The first-order valence-electron chi connectivity index (χ1n) is 4.46. The number of nitrogens with zero attached hydrogens (tertiary/aromatic N) is 2. The molecule has 1 atom stereocenters. The monoisotopic (exact) mass is 223 g/mol. The van der Waals surface area contributed by atoms with Crippen LogP contribution in [0, 0.1) is 17.1 Å². The molecule has 1 heterocycles. The van der Waals surface area contributed by atoms with E-state index in [2.05, 4.69) is 9.72 Å². The minimum absolute atomic E-state index is 0.0660. The first-order chi connectivity index (χ1) is 7.58. The number of carbonyl (C=O) groups is 1. The first-order valence-corrected chi connectivity index (χ1v) is 4.46. The number of pyridine rings is 1. The molecule has 0 radical (unpaired) electrons.